The summed E-state index contributed by atoms with van der Waals surface area (Å²) in [6.45, 7) is 5.17. The molecule has 1 unspecified atom stereocenters. The van der Waals surface area contributed by atoms with Crippen LogP contribution in [0.4, 0.5) is 19.0 Å². The number of alkyl halides is 3. The van der Waals surface area contributed by atoms with E-state index in [0.717, 1.165) is 31.6 Å². The Balaban J connectivity index is 2.20. The van der Waals surface area contributed by atoms with Crippen LogP contribution in [0.25, 0.3) is 0 Å². The molecule has 0 spiro atoms. The van der Waals surface area contributed by atoms with Gasteiger partial charge < -0.3 is 4.90 Å². The van der Waals surface area contributed by atoms with Crippen molar-refractivity contribution < 1.29 is 13.2 Å². The van der Waals surface area contributed by atoms with Crippen LogP contribution in [0.2, 0.25) is 0 Å². The summed E-state index contributed by atoms with van der Waals surface area (Å²) in [5.74, 6) is 1.13. The number of piperidine rings is 1. The topological polar surface area (TPSA) is 16.1 Å². The molecule has 2 heterocycles. The lowest BCUT2D eigenvalue weighted by atomic mass is 9.93. The summed E-state index contributed by atoms with van der Waals surface area (Å²) < 4.78 is 37.5. The maximum atomic E-state index is 12.5. The first-order valence-corrected chi connectivity index (χ1v) is 6.69. The number of nitrogens with zero attached hydrogens (tertiary/aromatic N) is 2. The van der Waals surface area contributed by atoms with Gasteiger partial charge in [-0.3, -0.25) is 0 Å². The molecular weight excluding hydrogens is 253 g/mol. The van der Waals surface area contributed by atoms with E-state index in [0.29, 0.717) is 17.8 Å². The molecule has 0 saturated carbocycles. The maximum absolute atomic E-state index is 12.5. The molecule has 1 aromatic rings. The number of aromatic nitrogens is 1. The minimum Gasteiger partial charge on any atom is -0.353 e. The molecule has 106 valence electrons. The number of hydrogen-bond acceptors (Lipinski definition) is 2. The van der Waals surface area contributed by atoms with Gasteiger partial charge in [0.2, 0.25) is 0 Å². The predicted molar refractivity (Wildman–Crippen MR) is 69.1 cm³/mol. The average Bonchev–Trinajstić information content (AvgIpc) is 2.38. The molecule has 1 aliphatic heterocycles. The zero-order valence-corrected chi connectivity index (χ0v) is 11.2. The van der Waals surface area contributed by atoms with Crippen LogP contribution in [-0.4, -0.2) is 17.6 Å². The third-order valence-corrected chi connectivity index (χ3v) is 3.69. The fourth-order valence-electron chi connectivity index (χ4n) is 2.66. The van der Waals surface area contributed by atoms with Gasteiger partial charge in [0.15, 0.2) is 0 Å². The highest BCUT2D eigenvalue weighted by Crippen LogP contribution is 2.31. The Bertz CT molecular complexity index is 412. The molecule has 1 fully saturated rings. The quantitative estimate of drug-likeness (QED) is 0.805. The number of rotatable bonds is 2. The van der Waals surface area contributed by atoms with Crippen molar-refractivity contribution in [2.24, 2.45) is 5.92 Å². The summed E-state index contributed by atoms with van der Waals surface area (Å²) in [5.41, 5.74) is -0.686. The van der Waals surface area contributed by atoms with Gasteiger partial charge >= 0.3 is 6.18 Å². The van der Waals surface area contributed by atoms with Gasteiger partial charge in [0.25, 0.3) is 0 Å². The highest BCUT2D eigenvalue weighted by molar-refractivity contribution is 5.41. The normalized spacial score (nSPS) is 20.9. The summed E-state index contributed by atoms with van der Waals surface area (Å²) in [4.78, 5) is 6.15. The van der Waals surface area contributed by atoms with Gasteiger partial charge in [0.05, 0.1) is 5.56 Å². The van der Waals surface area contributed by atoms with E-state index in [1.807, 2.05) is 0 Å². The number of anilines is 1. The van der Waals surface area contributed by atoms with Crippen molar-refractivity contribution in [2.75, 3.05) is 11.4 Å². The van der Waals surface area contributed by atoms with Crippen LogP contribution < -0.4 is 4.90 Å². The summed E-state index contributed by atoms with van der Waals surface area (Å²) >= 11 is 0. The van der Waals surface area contributed by atoms with Crippen LogP contribution in [0, 0.1) is 5.92 Å². The van der Waals surface area contributed by atoms with Crippen LogP contribution >= 0.6 is 0 Å². The Morgan fingerprint density at radius 2 is 2.00 bits per heavy atom. The number of halogens is 3. The SMILES string of the molecule is CC(C)C1CCCCN1c1ccc(C(F)(F)F)cn1. The molecule has 0 amide bonds. The zero-order valence-electron chi connectivity index (χ0n) is 11.2. The molecule has 19 heavy (non-hydrogen) atoms. The van der Waals surface area contributed by atoms with Gasteiger partial charge in [-0.1, -0.05) is 13.8 Å². The highest BCUT2D eigenvalue weighted by atomic mass is 19.4. The van der Waals surface area contributed by atoms with Gasteiger partial charge in [-0.25, -0.2) is 4.98 Å². The summed E-state index contributed by atoms with van der Waals surface area (Å²) in [6, 6.07) is 2.98. The first-order chi connectivity index (χ1) is 8.89. The maximum Gasteiger partial charge on any atom is 0.417 e. The second-order valence-electron chi connectivity index (χ2n) is 5.40. The molecule has 0 aliphatic carbocycles. The smallest absolute Gasteiger partial charge is 0.353 e. The van der Waals surface area contributed by atoms with Gasteiger partial charge in [-0.15, -0.1) is 0 Å². The molecule has 2 nitrogen and oxygen atoms in total. The van der Waals surface area contributed by atoms with E-state index in [1.54, 1.807) is 0 Å². The molecule has 0 radical (unpaired) electrons. The largest absolute Gasteiger partial charge is 0.417 e. The number of pyridine rings is 1. The van der Waals surface area contributed by atoms with Crippen LogP contribution in [-0.2, 0) is 6.18 Å². The van der Waals surface area contributed by atoms with E-state index in [-0.39, 0.29) is 0 Å². The Kier molecular flexibility index (Phi) is 4.02. The van der Waals surface area contributed by atoms with Crippen LogP contribution in [0.3, 0.4) is 0 Å². The lowest BCUT2D eigenvalue weighted by molar-refractivity contribution is -0.137. The lowest BCUT2D eigenvalue weighted by Gasteiger charge is -2.39. The monoisotopic (exact) mass is 272 g/mol. The number of hydrogen-bond donors (Lipinski definition) is 0. The lowest BCUT2D eigenvalue weighted by Crippen LogP contribution is -2.43. The van der Waals surface area contributed by atoms with Gasteiger partial charge in [0, 0.05) is 18.8 Å². The molecule has 0 N–H and O–H groups in total. The molecule has 1 aliphatic rings. The van der Waals surface area contributed by atoms with Crippen molar-refractivity contribution in [1.82, 2.24) is 4.98 Å². The second-order valence-corrected chi connectivity index (χ2v) is 5.40. The molecule has 0 aromatic carbocycles. The van der Waals surface area contributed by atoms with Crippen LogP contribution in [0.1, 0.15) is 38.7 Å². The third kappa shape index (κ3) is 3.19. The van der Waals surface area contributed by atoms with Crippen molar-refractivity contribution >= 4 is 5.82 Å². The predicted octanol–water partition coefficient (Wildman–Crippen LogP) is 4.12. The van der Waals surface area contributed by atoms with E-state index < -0.39 is 11.7 Å². The van der Waals surface area contributed by atoms with Crippen molar-refractivity contribution in [2.45, 2.75) is 45.3 Å². The van der Waals surface area contributed by atoms with E-state index in [2.05, 4.69) is 23.7 Å². The zero-order chi connectivity index (χ0) is 14.0. The van der Waals surface area contributed by atoms with Crippen LogP contribution in [0.5, 0.6) is 0 Å². The fourth-order valence-corrected chi connectivity index (χ4v) is 2.66. The van der Waals surface area contributed by atoms with E-state index in [1.165, 1.54) is 12.5 Å². The molecule has 1 atom stereocenters. The van der Waals surface area contributed by atoms with E-state index in [4.69, 9.17) is 0 Å². The summed E-state index contributed by atoms with van der Waals surface area (Å²) in [5, 5.41) is 0. The molecule has 1 aromatic heterocycles. The summed E-state index contributed by atoms with van der Waals surface area (Å²) in [7, 11) is 0. The van der Waals surface area contributed by atoms with Gasteiger partial charge in [-0.05, 0) is 37.3 Å². The average molecular weight is 272 g/mol. The van der Waals surface area contributed by atoms with Crippen molar-refractivity contribution in [3.8, 4) is 0 Å². The minimum absolute atomic E-state index is 0.373. The Hall–Kier alpha value is -1.26. The summed E-state index contributed by atoms with van der Waals surface area (Å²) in [6.07, 6.45) is -0.0432. The standard InChI is InChI=1S/C14H19F3N2/c1-10(2)12-5-3-4-8-19(12)13-7-6-11(9-18-13)14(15,16)17/h6-7,9-10,12H,3-5,8H2,1-2H3. The second kappa shape index (κ2) is 5.39. The third-order valence-electron chi connectivity index (χ3n) is 3.69. The Labute approximate surface area is 111 Å². The molecule has 0 bridgehead atoms. The van der Waals surface area contributed by atoms with Crippen molar-refractivity contribution in [3.05, 3.63) is 23.9 Å². The molecular formula is C14H19F3N2. The first kappa shape index (κ1) is 14.2. The van der Waals surface area contributed by atoms with Crippen molar-refractivity contribution in [3.63, 3.8) is 0 Å². The van der Waals surface area contributed by atoms with Gasteiger partial charge in [-0.2, -0.15) is 13.2 Å². The molecule has 2 rings (SSSR count). The van der Waals surface area contributed by atoms with E-state index >= 15 is 0 Å². The molecule has 1 saturated heterocycles. The Morgan fingerprint density at radius 3 is 2.53 bits per heavy atom. The highest BCUT2D eigenvalue weighted by Gasteiger charge is 2.32. The first-order valence-electron chi connectivity index (χ1n) is 6.69. The fraction of sp³-hybridized carbons (Fsp3) is 0.643. The van der Waals surface area contributed by atoms with Crippen molar-refractivity contribution in [1.29, 1.82) is 0 Å². The minimum atomic E-state index is -4.31. The van der Waals surface area contributed by atoms with Gasteiger partial charge in [0.1, 0.15) is 5.82 Å². The molecule has 5 heteroatoms. The van der Waals surface area contributed by atoms with E-state index in [9.17, 15) is 13.2 Å². The Morgan fingerprint density at radius 1 is 1.26 bits per heavy atom. The van der Waals surface area contributed by atoms with Crippen LogP contribution in [0.15, 0.2) is 18.3 Å².